The molecule has 0 fully saturated rings. The fourth-order valence-corrected chi connectivity index (χ4v) is 11.6. The van der Waals surface area contributed by atoms with Gasteiger partial charge in [0.05, 0.1) is 39.9 Å². The third-order valence-electron chi connectivity index (χ3n) is 16.1. The number of phosphoric ester groups is 1. The summed E-state index contributed by atoms with van der Waals surface area (Å²) < 4.78 is 23.8. The van der Waals surface area contributed by atoms with Crippen LogP contribution in [0.4, 0.5) is 0 Å². The van der Waals surface area contributed by atoms with Crippen LogP contribution in [-0.2, 0) is 18.4 Å². The molecule has 0 aliphatic heterocycles. The maximum atomic E-state index is 13.0. The van der Waals surface area contributed by atoms with Crippen molar-refractivity contribution in [2.24, 2.45) is 0 Å². The number of nitrogens with one attached hydrogen (secondary N) is 1. The Morgan fingerprint density at radius 3 is 0.893 bits per heavy atom. The van der Waals surface area contributed by atoms with E-state index in [1.165, 1.54) is 302 Å². The van der Waals surface area contributed by atoms with Crippen molar-refractivity contribution in [1.82, 2.24) is 5.32 Å². The minimum Gasteiger partial charge on any atom is -0.391 e. The zero-order chi connectivity index (χ0) is 54.9. The molecule has 0 rings (SSSR count). The summed E-state index contributed by atoms with van der Waals surface area (Å²) in [7, 11) is 1.64. The van der Waals surface area contributed by atoms with Crippen LogP contribution in [0.25, 0.3) is 0 Å². The minimum atomic E-state index is -4.32. The zero-order valence-corrected chi connectivity index (χ0v) is 52.5. The minimum absolute atomic E-state index is 0.0791. The van der Waals surface area contributed by atoms with Crippen LogP contribution in [0, 0.1) is 0 Å². The van der Waals surface area contributed by atoms with Gasteiger partial charge in [0.15, 0.2) is 0 Å². The molecule has 3 atom stereocenters. The van der Waals surface area contributed by atoms with E-state index in [9.17, 15) is 19.4 Å². The molecule has 0 bridgehead atoms. The number of amides is 1. The maximum Gasteiger partial charge on any atom is 0.472 e. The van der Waals surface area contributed by atoms with E-state index in [0.29, 0.717) is 23.9 Å². The number of hydrogen-bond acceptors (Lipinski definition) is 5. The van der Waals surface area contributed by atoms with Crippen molar-refractivity contribution in [2.75, 3.05) is 40.9 Å². The molecule has 0 aromatic rings. The molecule has 450 valence electrons. The SMILES string of the molecule is CCCCCCCCCCCCCCCCCCCCCCCCCCCCCCCCCCCCCCCCCC(=O)NC(COP(=O)(O)OCC[N+](C)(C)C)C(O)CCCCCCCCCCCCCCCC. The number of rotatable bonds is 64. The van der Waals surface area contributed by atoms with Gasteiger partial charge in [-0.15, -0.1) is 0 Å². The Balaban J connectivity index is 3.80. The fourth-order valence-electron chi connectivity index (χ4n) is 10.8. The van der Waals surface area contributed by atoms with E-state index in [2.05, 4.69) is 19.2 Å². The Morgan fingerprint density at radius 1 is 0.400 bits per heavy atom. The van der Waals surface area contributed by atoms with Crippen molar-refractivity contribution in [1.29, 1.82) is 0 Å². The molecule has 1 amide bonds. The van der Waals surface area contributed by atoms with E-state index in [1.54, 1.807) is 0 Å². The number of aliphatic hydroxyl groups is 1. The maximum absolute atomic E-state index is 13.0. The number of aliphatic hydroxyl groups excluding tert-OH is 1. The van der Waals surface area contributed by atoms with Crippen LogP contribution in [0.3, 0.4) is 0 Å². The van der Waals surface area contributed by atoms with Gasteiger partial charge < -0.3 is 19.8 Å². The summed E-state index contributed by atoms with van der Waals surface area (Å²) >= 11 is 0. The van der Waals surface area contributed by atoms with Crippen LogP contribution >= 0.6 is 7.82 Å². The Hall–Kier alpha value is -0.500. The predicted molar refractivity (Wildman–Crippen MR) is 328 cm³/mol. The number of carbonyl (C=O) groups is 1. The summed E-state index contributed by atoms with van der Waals surface area (Å²) in [6.07, 6.45) is 72.2. The second kappa shape index (κ2) is 58.2. The molecule has 0 aromatic carbocycles. The van der Waals surface area contributed by atoms with Crippen LogP contribution in [0.5, 0.6) is 0 Å². The van der Waals surface area contributed by atoms with Gasteiger partial charge in [-0.05, 0) is 12.8 Å². The Kier molecular flexibility index (Phi) is 57.8. The number of carbonyl (C=O) groups excluding carboxylic acids is 1. The molecule has 9 heteroatoms. The predicted octanol–water partition coefficient (Wildman–Crippen LogP) is 21.2. The van der Waals surface area contributed by atoms with Gasteiger partial charge in [-0.1, -0.05) is 348 Å². The van der Waals surface area contributed by atoms with Gasteiger partial charge in [0.2, 0.25) is 5.91 Å². The highest BCUT2D eigenvalue weighted by atomic mass is 31.2. The van der Waals surface area contributed by atoms with E-state index in [4.69, 9.17) is 9.05 Å². The Morgan fingerprint density at radius 2 is 0.640 bits per heavy atom. The third kappa shape index (κ3) is 61.0. The smallest absolute Gasteiger partial charge is 0.391 e. The van der Waals surface area contributed by atoms with Crippen molar-refractivity contribution in [3.05, 3.63) is 0 Å². The molecule has 3 unspecified atom stereocenters. The van der Waals surface area contributed by atoms with E-state index in [1.807, 2.05) is 21.1 Å². The van der Waals surface area contributed by atoms with E-state index >= 15 is 0 Å². The topological polar surface area (TPSA) is 105 Å². The largest absolute Gasteiger partial charge is 0.472 e. The monoisotopic (exact) mass is 1080 g/mol. The number of unbranched alkanes of at least 4 members (excludes halogenated alkanes) is 51. The third-order valence-corrected chi connectivity index (χ3v) is 17.1. The molecule has 75 heavy (non-hydrogen) atoms. The van der Waals surface area contributed by atoms with Crippen LogP contribution in [-0.4, -0.2) is 73.4 Å². The Labute approximate surface area is 470 Å². The van der Waals surface area contributed by atoms with E-state index in [0.717, 1.165) is 38.5 Å². The Bertz CT molecular complexity index is 1180. The molecule has 0 saturated heterocycles. The first-order valence-electron chi connectivity index (χ1n) is 33.9. The van der Waals surface area contributed by atoms with Gasteiger partial charge in [0.1, 0.15) is 13.2 Å². The molecule has 0 heterocycles. The molecule has 0 radical (unpaired) electrons. The summed E-state index contributed by atoms with van der Waals surface area (Å²) in [6, 6.07) is -0.755. The van der Waals surface area contributed by atoms with Crippen LogP contribution in [0.2, 0.25) is 0 Å². The van der Waals surface area contributed by atoms with Gasteiger partial charge in [0.25, 0.3) is 0 Å². The molecular formula is C66H136N2O6P+. The molecule has 0 spiro atoms. The molecular weight excluding hydrogens is 948 g/mol. The molecule has 0 aromatic heterocycles. The second-order valence-electron chi connectivity index (χ2n) is 24.9. The number of likely N-dealkylation sites (N-methyl/N-ethyl adjacent to an activating group) is 1. The number of phosphoric acid groups is 1. The number of nitrogens with zero attached hydrogens (tertiary/aromatic N) is 1. The van der Waals surface area contributed by atoms with Gasteiger partial charge in [-0.25, -0.2) is 4.57 Å². The summed E-state index contributed by atoms with van der Waals surface area (Å²) in [5.41, 5.74) is 0. The summed E-state index contributed by atoms with van der Waals surface area (Å²) in [5.74, 6) is -0.135. The van der Waals surface area contributed by atoms with Crippen molar-refractivity contribution >= 4 is 13.7 Å². The summed E-state index contributed by atoms with van der Waals surface area (Å²) in [4.78, 5) is 23.4. The lowest BCUT2D eigenvalue weighted by Gasteiger charge is -2.26. The lowest BCUT2D eigenvalue weighted by atomic mass is 10.0. The average molecular weight is 1080 g/mol. The van der Waals surface area contributed by atoms with Gasteiger partial charge in [-0.2, -0.15) is 0 Å². The van der Waals surface area contributed by atoms with Crippen LogP contribution in [0.15, 0.2) is 0 Å². The van der Waals surface area contributed by atoms with Gasteiger partial charge in [-0.3, -0.25) is 13.8 Å². The second-order valence-corrected chi connectivity index (χ2v) is 26.4. The molecule has 0 aliphatic carbocycles. The van der Waals surface area contributed by atoms with Crippen molar-refractivity contribution in [3.8, 4) is 0 Å². The molecule has 8 nitrogen and oxygen atoms in total. The normalized spacial score (nSPS) is 13.6. The summed E-state index contributed by atoms with van der Waals surface area (Å²) in [6.45, 7) is 4.94. The first-order valence-corrected chi connectivity index (χ1v) is 35.4. The highest BCUT2D eigenvalue weighted by Crippen LogP contribution is 2.43. The lowest BCUT2D eigenvalue weighted by Crippen LogP contribution is -2.46. The van der Waals surface area contributed by atoms with E-state index in [-0.39, 0.29) is 19.1 Å². The quantitative estimate of drug-likeness (QED) is 0.0318. The van der Waals surface area contributed by atoms with Crippen molar-refractivity contribution in [3.63, 3.8) is 0 Å². The summed E-state index contributed by atoms with van der Waals surface area (Å²) in [5, 5.41) is 14.1. The van der Waals surface area contributed by atoms with Crippen molar-refractivity contribution in [2.45, 2.75) is 379 Å². The highest BCUT2D eigenvalue weighted by molar-refractivity contribution is 7.47. The molecule has 0 saturated carbocycles. The first kappa shape index (κ1) is 74.5. The van der Waals surface area contributed by atoms with Gasteiger partial charge in [0, 0.05) is 6.42 Å². The van der Waals surface area contributed by atoms with Gasteiger partial charge >= 0.3 is 7.82 Å². The van der Waals surface area contributed by atoms with Crippen molar-refractivity contribution < 1.29 is 32.9 Å². The average Bonchev–Trinajstić information content (AvgIpc) is 3.37. The fraction of sp³-hybridized carbons (Fsp3) is 0.985. The number of quaternary nitrogens is 1. The first-order chi connectivity index (χ1) is 36.5. The van der Waals surface area contributed by atoms with Crippen LogP contribution < -0.4 is 5.32 Å². The molecule has 3 N–H and O–H groups in total. The standard InChI is InChI=1S/C66H135N2O6P/c1-6-8-10-12-14-16-18-20-22-23-24-25-26-27-28-29-30-31-32-33-34-35-36-37-38-39-40-41-42-43-44-45-46-48-50-52-54-56-58-60-66(70)67-64(63-74-75(71,72)73-62-61-68(3,4)5)65(69)59-57-55-53-51-49-47-21-19-17-15-13-11-9-7-2/h64-65,69H,6-63H2,1-5H3,(H-,67,70,71,72)/p+1. The lowest BCUT2D eigenvalue weighted by molar-refractivity contribution is -0.870. The van der Waals surface area contributed by atoms with Crippen LogP contribution in [0.1, 0.15) is 367 Å². The van der Waals surface area contributed by atoms with E-state index < -0.39 is 20.0 Å². The highest BCUT2D eigenvalue weighted by Gasteiger charge is 2.28. The zero-order valence-electron chi connectivity index (χ0n) is 51.6. The molecule has 0 aliphatic rings. The number of hydrogen-bond donors (Lipinski definition) is 3.